The zero-order valence-corrected chi connectivity index (χ0v) is 19.8. The van der Waals surface area contributed by atoms with Crippen LogP contribution in [0.25, 0.3) is 33.3 Å². The molecule has 0 amide bonds. The minimum absolute atomic E-state index is 0.00277. The topological polar surface area (TPSA) is 126 Å². The zero-order chi connectivity index (χ0) is 25.9. The third kappa shape index (κ3) is 4.85. The summed E-state index contributed by atoms with van der Waals surface area (Å²) < 4.78 is 7.40. The summed E-state index contributed by atoms with van der Waals surface area (Å²) in [6, 6.07) is 23.6. The molecule has 0 spiro atoms. The lowest BCUT2D eigenvalue weighted by Gasteiger charge is -2.12. The van der Waals surface area contributed by atoms with E-state index in [1.54, 1.807) is 25.1 Å². The first-order valence-electron chi connectivity index (χ1n) is 11.4. The smallest absolute Gasteiger partial charge is 0.342 e. The summed E-state index contributed by atoms with van der Waals surface area (Å²) in [7, 11) is 0. The molecule has 0 fully saturated rings. The number of nitro groups is 2. The van der Waals surface area contributed by atoms with Gasteiger partial charge in [0.05, 0.1) is 16.1 Å². The van der Waals surface area contributed by atoms with Crippen LogP contribution in [-0.4, -0.2) is 31.0 Å². The summed E-state index contributed by atoms with van der Waals surface area (Å²) in [6.45, 7) is 2.20. The molecule has 2 aromatic heterocycles. The minimum Gasteiger partial charge on any atom is -0.489 e. The standard InChI is InChI=1S/C27H21N5O5/c1-18-28-17-27(32(35)36)30(18)12-13-37-22-9-5-8-20(14-22)26-16-23(19-6-3-2-4-7-19)24-15-21(31(33)34)10-11-25(24)29-26/h2-11,14-17H,12-13H2,1H3. The van der Waals surface area contributed by atoms with Crippen LogP contribution < -0.4 is 4.74 Å². The maximum Gasteiger partial charge on any atom is 0.342 e. The fourth-order valence-electron chi connectivity index (χ4n) is 4.21. The van der Waals surface area contributed by atoms with Crippen molar-refractivity contribution in [3.8, 4) is 28.1 Å². The number of aromatic nitrogens is 3. The summed E-state index contributed by atoms with van der Waals surface area (Å²) in [6.07, 6.45) is 1.24. The lowest BCUT2D eigenvalue weighted by molar-refractivity contribution is -0.392. The van der Waals surface area contributed by atoms with Crippen molar-refractivity contribution in [1.29, 1.82) is 0 Å². The molecule has 37 heavy (non-hydrogen) atoms. The van der Waals surface area contributed by atoms with Gasteiger partial charge in [-0.25, -0.2) is 14.5 Å². The van der Waals surface area contributed by atoms with E-state index in [1.165, 1.54) is 16.8 Å². The molecule has 0 bridgehead atoms. The van der Waals surface area contributed by atoms with Gasteiger partial charge in [-0.15, -0.1) is 0 Å². The molecule has 0 saturated carbocycles. The molecule has 5 aromatic rings. The first-order chi connectivity index (χ1) is 17.9. The maximum absolute atomic E-state index is 11.4. The molecule has 0 aliphatic rings. The number of nitro benzene ring substituents is 1. The molecule has 0 unspecified atom stereocenters. The van der Waals surface area contributed by atoms with Crippen LogP contribution in [0.5, 0.6) is 5.75 Å². The Bertz CT molecular complexity index is 1630. The highest BCUT2D eigenvalue weighted by Crippen LogP contribution is 2.34. The van der Waals surface area contributed by atoms with Crippen LogP contribution in [-0.2, 0) is 6.54 Å². The molecule has 184 valence electrons. The third-order valence-corrected chi connectivity index (χ3v) is 6.02. The summed E-state index contributed by atoms with van der Waals surface area (Å²) in [5.74, 6) is 1.05. The highest BCUT2D eigenvalue weighted by molar-refractivity contribution is 5.97. The van der Waals surface area contributed by atoms with Gasteiger partial charge in [-0.2, -0.15) is 0 Å². The van der Waals surface area contributed by atoms with E-state index < -0.39 is 9.85 Å². The summed E-state index contributed by atoms with van der Waals surface area (Å²) in [4.78, 5) is 30.5. The quantitative estimate of drug-likeness (QED) is 0.192. The second-order valence-electron chi connectivity index (χ2n) is 8.33. The van der Waals surface area contributed by atoms with Crippen LogP contribution in [0.2, 0.25) is 0 Å². The van der Waals surface area contributed by atoms with Crippen molar-refractivity contribution in [3.63, 3.8) is 0 Å². The third-order valence-electron chi connectivity index (χ3n) is 6.02. The Balaban J connectivity index is 1.47. The van der Waals surface area contributed by atoms with Crippen molar-refractivity contribution in [2.24, 2.45) is 0 Å². The lowest BCUT2D eigenvalue weighted by Crippen LogP contribution is -2.11. The number of benzene rings is 3. The lowest BCUT2D eigenvalue weighted by atomic mass is 9.98. The van der Waals surface area contributed by atoms with Crippen LogP contribution in [0.1, 0.15) is 5.82 Å². The van der Waals surface area contributed by atoms with Crippen LogP contribution >= 0.6 is 0 Å². The second kappa shape index (κ2) is 9.86. The Hall–Kier alpha value is -5.12. The van der Waals surface area contributed by atoms with Gasteiger partial charge < -0.3 is 14.9 Å². The van der Waals surface area contributed by atoms with E-state index in [0.717, 1.165) is 16.7 Å². The van der Waals surface area contributed by atoms with Gasteiger partial charge in [-0.3, -0.25) is 10.1 Å². The van der Waals surface area contributed by atoms with Crippen molar-refractivity contribution < 1.29 is 14.6 Å². The Morgan fingerprint density at radius 1 is 0.892 bits per heavy atom. The molecule has 0 aliphatic carbocycles. The predicted molar refractivity (Wildman–Crippen MR) is 138 cm³/mol. The largest absolute Gasteiger partial charge is 0.489 e. The van der Waals surface area contributed by atoms with Gasteiger partial charge in [-0.1, -0.05) is 42.5 Å². The average Bonchev–Trinajstić information content (AvgIpc) is 3.28. The average molecular weight is 495 g/mol. The van der Waals surface area contributed by atoms with Gasteiger partial charge in [0.25, 0.3) is 5.69 Å². The Kier molecular flexibility index (Phi) is 6.29. The summed E-state index contributed by atoms with van der Waals surface area (Å²) in [5.41, 5.74) is 3.88. The minimum atomic E-state index is -0.467. The highest BCUT2D eigenvalue weighted by Gasteiger charge is 2.17. The number of hydrogen-bond donors (Lipinski definition) is 0. The van der Waals surface area contributed by atoms with E-state index in [9.17, 15) is 20.2 Å². The van der Waals surface area contributed by atoms with E-state index in [0.29, 0.717) is 28.2 Å². The van der Waals surface area contributed by atoms with Gasteiger partial charge in [-0.05, 0) is 40.3 Å². The van der Waals surface area contributed by atoms with Gasteiger partial charge in [0.2, 0.25) is 0 Å². The van der Waals surface area contributed by atoms with Crippen molar-refractivity contribution >= 4 is 22.4 Å². The van der Waals surface area contributed by atoms with E-state index in [2.05, 4.69) is 4.98 Å². The molecular weight excluding hydrogens is 474 g/mol. The number of hydrogen-bond acceptors (Lipinski definition) is 7. The number of aryl methyl sites for hydroxylation is 1. The Morgan fingerprint density at radius 2 is 1.68 bits per heavy atom. The number of nitrogens with zero attached hydrogens (tertiary/aromatic N) is 5. The van der Waals surface area contributed by atoms with Crippen LogP contribution in [0.3, 0.4) is 0 Å². The van der Waals surface area contributed by atoms with Gasteiger partial charge in [0.15, 0.2) is 5.82 Å². The van der Waals surface area contributed by atoms with Gasteiger partial charge in [0.1, 0.15) is 25.1 Å². The summed E-state index contributed by atoms with van der Waals surface area (Å²) in [5, 5.41) is 23.3. The van der Waals surface area contributed by atoms with Crippen molar-refractivity contribution in [3.05, 3.63) is 111 Å². The number of imidazole rings is 1. The molecule has 0 aliphatic heterocycles. The number of pyridine rings is 1. The van der Waals surface area contributed by atoms with E-state index in [1.807, 2.05) is 54.6 Å². The highest BCUT2D eigenvalue weighted by atomic mass is 16.6. The van der Waals surface area contributed by atoms with Crippen LogP contribution in [0.4, 0.5) is 11.5 Å². The molecule has 0 N–H and O–H groups in total. The molecular formula is C27H21N5O5. The van der Waals surface area contributed by atoms with Gasteiger partial charge in [0, 0.05) is 30.0 Å². The second-order valence-corrected chi connectivity index (χ2v) is 8.33. The maximum atomic E-state index is 11.4. The van der Waals surface area contributed by atoms with Crippen LogP contribution in [0, 0.1) is 27.2 Å². The normalized spacial score (nSPS) is 10.9. The Morgan fingerprint density at radius 3 is 2.43 bits per heavy atom. The molecule has 3 aromatic carbocycles. The SMILES string of the molecule is Cc1ncc([N+](=O)[O-])n1CCOc1cccc(-c2cc(-c3ccccc3)c3cc([N+](=O)[O-])ccc3n2)c1. The van der Waals surface area contributed by atoms with Crippen molar-refractivity contribution in [2.75, 3.05) is 6.61 Å². The molecule has 5 rings (SSSR count). The Labute approximate surface area is 211 Å². The van der Waals surface area contributed by atoms with Crippen molar-refractivity contribution in [2.45, 2.75) is 13.5 Å². The molecule has 0 atom stereocenters. The molecule has 0 saturated heterocycles. The monoisotopic (exact) mass is 495 g/mol. The zero-order valence-electron chi connectivity index (χ0n) is 19.8. The van der Waals surface area contributed by atoms with Crippen molar-refractivity contribution in [1.82, 2.24) is 14.5 Å². The molecule has 10 nitrogen and oxygen atoms in total. The number of rotatable bonds is 8. The number of ether oxygens (including phenoxy) is 1. The van der Waals surface area contributed by atoms with E-state index >= 15 is 0 Å². The summed E-state index contributed by atoms with van der Waals surface area (Å²) >= 11 is 0. The van der Waals surface area contributed by atoms with E-state index in [-0.39, 0.29) is 24.7 Å². The first-order valence-corrected chi connectivity index (χ1v) is 11.4. The first kappa shape index (κ1) is 23.6. The van der Waals surface area contributed by atoms with Crippen LogP contribution in [0.15, 0.2) is 85.1 Å². The number of non-ortho nitro benzene ring substituents is 1. The predicted octanol–water partition coefficient (Wildman–Crippen LogP) is 5.97. The van der Waals surface area contributed by atoms with E-state index in [4.69, 9.17) is 9.72 Å². The van der Waals surface area contributed by atoms with Gasteiger partial charge >= 0.3 is 5.82 Å². The molecule has 2 heterocycles. The fraction of sp³-hybridized carbons (Fsp3) is 0.111. The molecule has 10 heteroatoms. The number of fused-ring (bicyclic) bond motifs is 1. The fourth-order valence-corrected chi connectivity index (χ4v) is 4.21. The molecule has 0 radical (unpaired) electrons.